The van der Waals surface area contributed by atoms with E-state index in [0.29, 0.717) is 12.1 Å². The molecule has 3 nitrogen and oxygen atoms in total. The fourth-order valence-electron chi connectivity index (χ4n) is 1.55. The molecule has 0 aliphatic heterocycles. The molecule has 3 N–H and O–H groups in total. The number of carbonyl (C=O) groups is 1. The Morgan fingerprint density at radius 2 is 2.13 bits per heavy atom. The summed E-state index contributed by atoms with van der Waals surface area (Å²) in [6.45, 7) is 3.97. The lowest BCUT2D eigenvalue weighted by molar-refractivity contribution is 0.0982. The number of halogens is 1. The summed E-state index contributed by atoms with van der Waals surface area (Å²) in [5.74, 6) is -0.0835. The van der Waals surface area contributed by atoms with Gasteiger partial charge in [-0.15, -0.1) is 0 Å². The summed E-state index contributed by atoms with van der Waals surface area (Å²) in [5, 5.41) is 9.71. The van der Waals surface area contributed by atoms with Crippen molar-refractivity contribution in [2.75, 3.05) is 6.54 Å². The molecule has 0 aliphatic carbocycles. The van der Waals surface area contributed by atoms with Crippen molar-refractivity contribution in [1.29, 1.82) is 0 Å². The van der Waals surface area contributed by atoms with Crippen LogP contribution in [0.2, 0.25) is 0 Å². The van der Waals surface area contributed by atoms with Crippen LogP contribution in [0.4, 0.5) is 0 Å². The average molecular weight is 272 g/mol. The molecule has 0 fully saturated rings. The molecule has 0 radical (unpaired) electrons. The van der Waals surface area contributed by atoms with E-state index < -0.39 is 0 Å². The minimum absolute atomic E-state index is 0.0339. The molecule has 1 aromatic rings. The highest BCUT2D eigenvalue weighted by Crippen LogP contribution is 2.31. The maximum atomic E-state index is 11.7. The van der Waals surface area contributed by atoms with E-state index >= 15 is 0 Å². The van der Waals surface area contributed by atoms with Gasteiger partial charge in [0.1, 0.15) is 5.75 Å². The van der Waals surface area contributed by atoms with Gasteiger partial charge in [-0.2, -0.15) is 0 Å². The Hall–Kier alpha value is -0.870. The SMILES string of the molecule is Cc1cc(O)c(C(=O)CCN)c(C)c1Br. The predicted molar refractivity (Wildman–Crippen MR) is 63.3 cm³/mol. The van der Waals surface area contributed by atoms with Crippen LogP contribution in [0.25, 0.3) is 0 Å². The highest BCUT2D eigenvalue weighted by molar-refractivity contribution is 9.10. The molecule has 0 saturated heterocycles. The highest BCUT2D eigenvalue weighted by Gasteiger charge is 2.16. The van der Waals surface area contributed by atoms with E-state index in [-0.39, 0.29) is 18.0 Å². The van der Waals surface area contributed by atoms with Crippen molar-refractivity contribution >= 4 is 21.7 Å². The van der Waals surface area contributed by atoms with E-state index in [2.05, 4.69) is 15.9 Å². The molecule has 0 aromatic heterocycles. The van der Waals surface area contributed by atoms with Crippen molar-refractivity contribution < 1.29 is 9.90 Å². The number of phenolic OH excluding ortho intramolecular Hbond substituents is 1. The topological polar surface area (TPSA) is 63.3 Å². The molecule has 1 aromatic carbocycles. The minimum atomic E-state index is -0.117. The number of phenols is 1. The first-order valence-electron chi connectivity index (χ1n) is 4.71. The summed E-state index contributed by atoms with van der Waals surface area (Å²) in [5.41, 5.74) is 7.37. The summed E-state index contributed by atoms with van der Waals surface area (Å²) >= 11 is 3.39. The van der Waals surface area contributed by atoms with Crippen LogP contribution in [0.15, 0.2) is 10.5 Å². The van der Waals surface area contributed by atoms with Gasteiger partial charge in [0, 0.05) is 10.9 Å². The largest absolute Gasteiger partial charge is 0.507 e. The maximum absolute atomic E-state index is 11.7. The number of hydrogen-bond acceptors (Lipinski definition) is 3. The summed E-state index contributed by atoms with van der Waals surface area (Å²) in [7, 11) is 0. The normalized spacial score (nSPS) is 10.4. The third-order valence-corrected chi connectivity index (χ3v) is 3.53. The maximum Gasteiger partial charge on any atom is 0.168 e. The number of hydrogen-bond donors (Lipinski definition) is 2. The van der Waals surface area contributed by atoms with Crippen molar-refractivity contribution in [3.63, 3.8) is 0 Å². The molecule has 0 atom stereocenters. The van der Waals surface area contributed by atoms with Crippen LogP contribution in [0, 0.1) is 13.8 Å². The summed E-state index contributed by atoms with van der Waals surface area (Å²) in [6.07, 6.45) is 0.254. The number of carbonyl (C=O) groups excluding carboxylic acids is 1. The van der Waals surface area contributed by atoms with E-state index in [0.717, 1.165) is 15.6 Å². The molecule has 15 heavy (non-hydrogen) atoms. The van der Waals surface area contributed by atoms with Crippen LogP contribution in [-0.4, -0.2) is 17.4 Å². The second-order valence-electron chi connectivity index (χ2n) is 3.49. The van der Waals surface area contributed by atoms with E-state index in [1.165, 1.54) is 0 Å². The smallest absolute Gasteiger partial charge is 0.168 e. The Morgan fingerprint density at radius 3 is 2.67 bits per heavy atom. The molecule has 1 rings (SSSR count). The number of ketones is 1. The van der Waals surface area contributed by atoms with Crippen molar-refractivity contribution in [3.8, 4) is 5.75 Å². The number of Topliss-reactive ketones (excluding diaryl/α,β-unsaturated/α-hetero) is 1. The second kappa shape index (κ2) is 4.77. The van der Waals surface area contributed by atoms with E-state index in [1.54, 1.807) is 13.0 Å². The second-order valence-corrected chi connectivity index (χ2v) is 4.28. The molecule has 4 heteroatoms. The summed E-state index contributed by atoms with van der Waals surface area (Å²) < 4.78 is 0.862. The first kappa shape index (κ1) is 12.2. The van der Waals surface area contributed by atoms with Gasteiger partial charge in [-0.25, -0.2) is 0 Å². The number of nitrogens with two attached hydrogens (primary N) is 1. The van der Waals surface area contributed by atoms with Gasteiger partial charge in [-0.05, 0) is 37.6 Å². The van der Waals surface area contributed by atoms with Crippen LogP contribution in [0.5, 0.6) is 5.75 Å². The van der Waals surface area contributed by atoms with Crippen LogP contribution < -0.4 is 5.73 Å². The molecular weight excluding hydrogens is 258 g/mol. The van der Waals surface area contributed by atoms with Gasteiger partial charge < -0.3 is 10.8 Å². The van der Waals surface area contributed by atoms with Crippen LogP contribution in [0.1, 0.15) is 27.9 Å². The van der Waals surface area contributed by atoms with Gasteiger partial charge in [0.25, 0.3) is 0 Å². The monoisotopic (exact) mass is 271 g/mol. The number of rotatable bonds is 3. The van der Waals surface area contributed by atoms with Gasteiger partial charge in [0.2, 0.25) is 0 Å². The molecule has 0 amide bonds. The Kier molecular flexibility index (Phi) is 3.88. The van der Waals surface area contributed by atoms with Gasteiger partial charge in [-0.3, -0.25) is 4.79 Å². The average Bonchev–Trinajstić information content (AvgIpc) is 2.15. The summed E-state index contributed by atoms with van der Waals surface area (Å²) in [6, 6.07) is 1.58. The lowest BCUT2D eigenvalue weighted by atomic mass is 9.99. The molecule has 82 valence electrons. The van der Waals surface area contributed by atoms with Crippen molar-refractivity contribution in [2.45, 2.75) is 20.3 Å². The summed E-state index contributed by atoms with van der Waals surface area (Å²) in [4.78, 5) is 11.7. The number of aromatic hydroxyl groups is 1. The lowest BCUT2D eigenvalue weighted by Crippen LogP contribution is -2.10. The van der Waals surface area contributed by atoms with Crippen molar-refractivity contribution in [3.05, 3.63) is 27.2 Å². The highest BCUT2D eigenvalue weighted by atomic mass is 79.9. The van der Waals surface area contributed by atoms with Crippen molar-refractivity contribution in [1.82, 2.24) is 0 Å². The Labute approximate surface area is 97.4 Å². The van der Waals surface area contributed by atoms with Crippen LogP contribution in [-0.2, 0) is 0 Å². The zero-order valence-corrected chi connectivity index (χ0v) is 10.4. The third-order valence-electron chi connectivity index (χ3n) is 2.31. The molecule has 0 spiro atoms. The van der Waals surface area contributed by atoms with Gasteiger partial charge in [0.15, 0.2) is 5.78 Å². The van der Waals surface area contributed by atoms with Crippen LogP contribution >= 0.6 is 15.9 Å². The zero-order valence-electron chi connectivity index (χ0n) is 8.80. The van der Waals surface area contributed by atoms with Crippen LogP contribution in [0.3, 0.4) is 0 Å². The predicted octanol–water partition coefficient (Wildman–Crippen LogP) is 2.30. The minimum Gasteiger partial charge on any atom is -0.507 e. The molecule has 0 heterocycles. The first-order valence-corrected chi connectivity index (χ1v) is 5.50. The molecule has 0 saturated carbocycles. The fraction of sp³-hybridized carbons (Fsp3) is 0.364. The van der Waals surface area contributed by atoms with Gasteiger partial charge >= 0.3 is 0 Å². The Bertz CT molecular complexity index is 402. The molecule has 0 aliphatic rings. The van der Waals surface area contributed by atoms with E-state index in [4.69, 9.17) is 5.73 Å². The van der Waals surface area contributed by atoms with Crippen molar-refractivity contribution in [2.24, 2.45) is 5.73 Å². The van der Waals surface area contributed by atoms with Gasteiger partial charge in [0.05, 0.1) is 5.56 Å². The third kappa shape index (κ3) is 2.38. The molecule has 0 bridgehead atoms. The fourth-order valence-corrected chi connectivity index (χ4v) is 1.86. The molecule has 0 unspecified atom stereocenters. The zero-order chi connectivity index (χ0) is 11.6. The van der Waals surface area contributed by atoms with E-state index in [1.807, 2.05) is 6.92 Å². The first-order chi connectivity index (χ1) is 6.99. The van der Waals surface area contributed by atoms with Gasteiger partial charge in [-0.1, -0.05) is 15.9 Å². The quantitative estimate of drug-likeness (QED) is 0.830. The Balaban J connectivity index is 3.29. The standard InChI is InChI=1S/C11H14BrNO2/c1-6-5-9(15)10(7(2)11(6)12)8(14)3-4-13/h5,15H,3-4,13H2,1-2H3. The Morgan fingerprint density at radius 1 is 1.53 bits per heavy atom. The number of aryl methyl sites for hydroxylation is 1. The molecular formula is C11H14BrNO2. The number of benzene rings is 1. The van der Waals surface area contributed by atoms with E-state index in [9.17, 15) is 9.90 Å². The lowest BCUT2D eigenvalue weighted by Gasteiger charge is -2.11.